The average Bonchev–Trinajstić information content (AvgIpc) is 3.15. The summed E-state index contributed by atoms with van der Waals surface area (Å²) in [7, 11) is -2.65. The van der Waals surface area contributed by atoms with Crippen molar-refractivity contribution in [1.29, 1.82) is 0 Å². The summed E-state index contributed by atoms with van der Waals surface area (Å²) in [4.78, 5) is 12.4. The van der Waals surface area contributed by atoms with Gasteiger partial charge in [0.15, 0.2) is 0 Å². The largest absolute Gasteiger partial charge is 0.495 e. The number of rotatable bonds is 7. The Hall–Kier alpha value is -2.84. The van der Waals surface area contributed by atoms with Crippen LogP contribution in [-0.4, -0.2) is 28.1 Å². The van der Waals surface area contributed by atoms with Gasteiger partial charge in [-0.15, -0.1) is 11.3 Å². The number of carbonyl (C=O) groups is 1. The number of aryl methyl sites for hydroxylation is 1. The molecule has 3 rings (SSSR count). The predicted octanol–water partition coefficient (Wildman–Crippen LogP) is 4.71. The first kappa shape index (κ1) is 20.9. The van der Waals surface area contributed by atoms with Crippen LogP contribution in [0.25, 0.3) is 11.1 Å². The molecule has 0 bridgehead atoms. The van der Waals surface area contributed by atoms with E-state index in [4.69, 9.17) is 9.47 Å². The van der Waals surface area contributed by atoms with Crippen molar-refractivity contribution in [1.82, 2.24) is 0 Å². The lowest BCUT2D eigenvalue weighted by Crippen LogP contribution is -2.17. The maximum atomic E-state index is 13.4. The van der Waals surface area contributed by atoms with Crippen LogP contribution in [0.1, 0.15) is 22.2 Å². The molecule has 6 nitrogen and oxygen atoms in total. The van der Waals surface area contributed by atoms with Crippen molar-refractivity contribution in [3.63, 3.8) is 0 Å². The number of sulfonamides is 1. The Bertz CT molecular complexity index is 1120. The van der Waals surface area contributed by atoms with Crippen LogP contribution < -0.4 is 9.46 Å². The summed E-state index contributed by atoms with van der Waals surface area (Å²) in [6.45, 7) is 3.67. The molecule has 0 radical (unpaired) electrons. The molecule has 0 atom stereocenters. The number of carbonyl (C=O) groups excluding carboxylic acids is 1. The molecule has 0 aliphatic heterocycles. The van der Waals surface area contributed by atoms with Crippen LogP contribution >= 0.6 is 11.3 Å². The van der Waals surface area contributed by atoms with E-state index in [9.17, 15) is 13.2 Å². The zero-order chi connectivity index (χ0) is 21.0. The molecule has 0 saturated carbocycles. The van der Waals surface area contributed by atoms with Gasteiger partial charge in [-0.3, -0.25) is 4.72 Å². The van der Waals surface area contributed by atoms with E-state index in [2.05, 4.69) is 4.72 Å². The first-order valence-corrected chi connectivity index (χ1v) is 11.2. The van der Waals surface area contributed by atoms with E-state index in [1.165, 1.54) is 7.11 Å². The van der Waals surface area contributed by atoms with Crippen LogP contribution in [0.15, 0.2) is 58.8 Å². The summed E-state index contributed by atoms with van der Waals surface area (Å²) < 4.78 is 39.7. The predicted molar refractivity (Wildman–Crippen MR) is 114 cm³/mol. The van der Waals surface area contributed by atoms with Crippen molar-refractivity contribution in [3.8, 4) is 16.9 Å². The third-order valence-corrected chi connectivity index (χ3v) is 6.70. The molecule has 3 aromatic rings. The lowest BCUT2D eigenvalue weighted by molar-refractivity contribution is 0.0528. The fourth-order valence-electron chi connectivity index (χ4n) is 2.87. The van der Waals surface area contributed by atoms with Crippen molar-refractivity contribution < 1.29 is 22.7 Å². The molecular formula is C21H21NO5S2. The molecule has 1 N–H and O–H groups in total. The van der Waals surface area contributed by atoms with Crippen LogP contribution in [0.3, 0.4) is 0 Å². The lowest BCUT2D eigenvalue weighted by Gasteiger charge is -2.14. The SMILES string of the molecule is CCOC(=O)c1scc(-c2ccccc2)c1S(=O)(=O)Nc1cc(C)ccc1OC. The Morgan fingerprint density at radius 2 is 1.86 bits per heavy atom. The fourth-order valence-corrected chi connectivity index (χ4v) is 5.62. The highest BCUT2D eigenvalue weighted by atomic mass is 32.2. The zero-order valence-electron chi connectivity index (χ0n) is 16.3. The molecular weight excluding hydrogens is 410 g/mol. The van der Waals surface area contributed by atoms with Gasteiger partial charge in [0.2, 0.25) is 0 Å². The normalized spacial score (nSPS) is 11.1. The standard InChI is InChI=1S/C21H21NO5S2/c1-4-27-21(23)19-20(16(13-28-19)15-8-6-5-7-9-15)29(24,25)22-17-12-14(2)10-11-18(17)26-3/h5-13,22H,4H2,1-3H3. The number of hydrogen-bond donors (Lipinski definition) is 1. The highest BCUT2D eigenvalue weighted by Gasteiger charge is 2.30. The molecule has 1 heterocycles. The van der Waals surface area contributed by atoms with Crippen molar-refractivity contribution in [3.05, 3.63) is 64.4 Å². The molecule has 2 aromatic carbocycles. The highest BCUT2D eigenvalue weighted by molar-refractivity contribution is 7.93. The molecule has 8 heteroatoms. The molecule has 152 valence electrons. The van der Waals surface area contributed by atoms with E-state index in [1.807, 2.05) is 31.2 Å². The number of thiophene rings is 1. The van der Waals surface area contributed by atoms with Gasteiger partial charge in [-0.05, 0) is 37.1 Å². The van der Waals surface area contributed by atoms with Crippen molar-refractivity contribution in [2.75, 3.05) is 18.4 Å². The van der Waals surface area contributed by atoms with Gasteiger partial charge in [0.1, 0.15) is 15.5 Å². The maximum Gasteiger partial charge on any atom is 0.349 e. The van der Waals surface area contributed by atoms with E-state index in [1.54, 1.807) is 36.6 Å². The van der Waals surface area contributed by atoms with Gasteiger partial charge < -0.3 is 9.47 Å². The van der Waals surface area contributed by atoms with Gasteiger partial charge >= 0.3 is 5.97 Å². The van der Waals surface area contributed by atoms with Gasteiger partial charge in [0.25, 0.3) is 10.0 Å². The molecule has 0 spiro atoms. The Morgan fingerprint density at radius 1 is 1.14 bits per heavy atom. The van der Waals surface area contributed by atoms with Gasteiger partial charge in [0, 0.05) is 10.9 Å². The van der Waals surface area contributed by atoms with E-state index >= 15 is 0 Å². The Labute approximate surface area is 174 Å². The molecule has 0 fully saturated rings. The van der Waals surface area contributed by atoms with Gasteiger partial charge in [-0.25, -0.2) is 13.2 Å². The number of anilines is 1. The average molecular weight is 432 g/mol. The van der Waals surface area contributed by atoms with Gasteiger partial charge in [0.05, 0.1) is 19.4 Å². The van der Waals surface area contributed by atoms with Crippen molar-refractivity contribution in [2.24, 2.45) is 0 Å². The van der Waals surface area contributed by atoms with Crippen LogP contribution in [-0.2, 0) is 14.8 Å². The summed E-state index contributed by atoms with van der Waals surface area (Å²) in [5, 5.41) is 1.66. The smallest absolute Gasteiger partial charge is 0.349 e. The quantitative estimate of drug-likeness (QED) is 0.548. The summed E-state index contributed by atoms with van der Waals surface area (Å²) in [5.41, 5.74) is 2.30. The number of hydrogen-bond acceptors (Lipinski definition) is 6. The van der Waals surface area contributed by atoms with Crippen molar-refractivity contribution in [2.45, 2.75) is 18.7 Å². The summed E-state index contributed by atoms with van der Waals surface area (Å²) in [5.74, 6) is -0.287. The molecule has 0 saturated heterocycles. The van der Waals surface area contributed by atoms with Crippen molar-refractivity contribution >= 4 is 33.0 Å². The lowest BCUT2D eigenvalue weighted by atomic mass is 10.1. The minimum Gasteiger partial charge on any atom is -0.495 e. The van der Waals surface area contributed by atoms with E-state index in [-0.39, 0.29) is 16.4 Å². The van der Waals surface area contributed by atoms with Crippen LogP contribution in [0.5, 0.6) is 5.75 Å². The number of esters is 1. The first-order valence-electron chi connectivity index (χ1n) is 8.89. The summed E-state index contributed by atoms with van der Waals surface area (Å²) >= 11 is 1.04. The second-order valence-corrected chi connectivity index (χ2v) is 8.70. The maximum absolute atomic E-state index is 13.4. The number of methoxy groups -OCH3 is 1. The zero-order valence-corrected chi connectivity index (χ0v) is 17.9. The Kier molecular flexibility index (Phi) is 6.24. The van der Waals surface area contributed by atoms with E-state index in [0.717, 1.165) is 16.9 Å². The fraction of sp³-hybridized carbons (Fsp3) is 0.190. The summed E-state index contributed by atoms with van der Waals surface area (Å²) in [6.07, 6.45) is 0. The third-order valence-electron chi connectivity index (χ3n) is 4.16. The Morgan fingerprint density at radius 3 is 2.52 bits per heavy atom. The number of ether oxygens (including phenoxy) is 2. The molecule has 29 heavy (non-hydrogen) atoms. The van der Waals surface area contributed by atoms with Crippen LogP contribution in [0, 0.1) is 6.92 Å². The second-order valence-electron chi connectivity index (χ2n) is 6.20. The minimum atomic E-state index is -4.11. The molecule has 0 amide bonds. The first-order chi connectivity index (χ1) is 13.9. The molecule has 0 aliphatic carbocycles. The monoisotopic (exact) mass is 431 g/mol. The molecule has 0 aliphatic rings. The van der Waals surface area contributed by atoms with E-state index < -0.39 is 16.0 Å². The second kappa shape index (κ2) is 8.67. The van der Waals surface area contributed by atoms with Gasteiger partial charge in [-0.2, -0.15) is 0 Å². The van der Waals surface area contributed by atoms with E-state index in [0.29, 0.717) is 22.6 Å². The minimum absolute atomic E-state index is 0.0322. The molecule has 0 unspecified atom stereocenters. The number of benzene rings is 2. The topological polar surface area (TPSA) is 81.7 Å². The van der Waals surface area contributed by atoms with Crippen LogP contribution in [0.2, 0.25) is 0 Å². The third kappa shape index (κ3) is 4.44. The highest BCUT2D eigenvalue weighted by Crippen LogP contribution is 2.38. The number of nitrogens with one attached hydrogen (secondary N) is 1. The van der Waals surface area contributed by atoms with Crippen LogP contribution in [0.4, 0.5) is 5.69 Å². The summed E-state index contributed by atoms with van der Waals surface area (Å²) in [6, 6.07) is 14.2. The molecule has 1 aromatic heterocycles. The Balaban J connectivity index is 2.16. The van der Waals surface area contributed by atoms with Gasteiger partial charge in [-0.1, -0.05) is 36.4 Å².